The molecule has 1 aliphatic heterocycles. The van der Waals surface area contributed by atoms with E-state index in [0.29, 0.717) is 5.75 Å². The highest BCUT2D eigenvalue weighted by atomic mass is 19.4. The molecule has 0 fully saturated rings. The van der Waals surface area contributed by atoms with Crippen molar-refractivity contribution in [3.05, 3.63) is 41.0 Å². The average Bonchev–Trinajstić information content (AvgIpc) is 2.93. The van der Waals surface area contributed by atoms with E-state index in [1.54, 1.807) is 6.07 Å². The van der Waals surface area contributed by atoms with Crippen LogP contribution in [0.5, 0.6) is 5.75 Å². The lowest BCUT2D eigenvalue weighted by Gasteiger charge is -2.17. The molecule has 0 radical (unpaired) electrons. The highest BCUT2D eigenvalue weighted by Crippen LogP contribution is 2.35. The smallest absolute Gasteiger partial charge is 0.416 e. The van der Waals surface area contributed by atoms with E-state index in [2.05, 4.69) is 5.32 Å². The number of benzene rings is 1. The zero-order chi connectivity index (χ0) is 13.5. The zero-order valence-corrected chi connectivity index (χ0v) is 10.3. The number of alkyl halides is 3. The molecule has 1 atom stereocenters. The highest BCUT2D eigenvalue weighted by molar-refractivity contribution is 5.35. The molecule has 0 saturated carbocycles. The molecule has 2 nitrogen and oxygen atoms in total. The fourth-order valence-corrected chi connectivity index (χ4v) is 2.70. The van der Waals surface area contributed by atoms with Crippen LogP contribution in [0, 0.1) is 0 Å². The van der Waals surface area contributed by atoms with E-state index in [-0.39, 0.29) is 6.10 Å². The minimum absolute atomic E-state index is 0.0755. The van der Waals surface area contributed by atoms with Gasteiger partial charge >= 0.3 is 6.18 Å². The van der Waals surface area contributed by atoms with Crippen LogP contribution in [0.4, 0.5) is 13.2 Å². The quantitative estimate of drug-likeness (QED) is 0.833. The molecule has 1 N–H and O–H groups in total. The maximum Gasteiger partial charge on any atom is 0.416 e. The largest absolute Gasteiger partial charge is 0.486 e. The lowest BCUT2D eigenvalue weighted by atomic mass is 10.1. The van der Waals surface area contributed by atoms with Crippen molar-refractivity contribution in [1.29, 1.82) is 0 Å². The first kappa shape index (κ1) is 12.5. The second kappa shape index (κ2) is 4.56. The summed E-state index contributed by atoms with van der Waals surface area (Å²) in [6.45, 7) is 1.68. The van der Waals surface area contributed by atoms with Gasteiger partial charge in [-0.25, -0.2) is 0 Å². The number of ether oxygens (including phenoxy) is 1. The fourth-order valence-electron chi connectivity index (χ4n) is 2.70. The van der Waals surface area contributed by atoms with Gasteiger partial charge in [0.25, 0.3) is 0 Å². The van der Waals surface area contributed by atoms with E-state index in [9.17, 15) is 13.2 Å². The Labute approximate surface area is 109 Å². The van der Waals surface area contributed by atoms with E-state index in [1.807, 2.05) is 0 Å². The summed E-state index contributed by atoms with van der Waals surface area (Å²) in [5, 5.41) is 3.24. The summed E-state index contributed by atoms with van der Waals surface area (Å²) in [5.74, 6) is 0.292. The maximum absolute atomic E-state index is 12.6. The predicted octanol–water partition coefficient (Wildman–Crippen LogP) is 3.15. The second-order valence-electron chi connectivity index (χ2n) is 4.90. The predicted molar refractivity (Wildman–Crippen MR) is 65.0 cm³/mol. The van der Waals surface area contributed by atoms with Crippen LogP contribution >= 0.6 is 0 Å². The Bertz CT molecular complexity index is 522. The van der Waals surface area contributed by atoms with E-state index in [4.69, 9.17) is 4.74 Å². The van der Waals surface area contributed by atoms with Gasteiger partial charge in [-0.3, -0.25) is 0 Å². The van der Waals surface area contributed by atoms with Crippen LogP contribution in [0.1, 0.15) is 18.4 Å². The minimum Gasteiger partial charge on any atom is -0.486 e. The Hall–Kier alpha value is -1.49. The van der Waals surface area contributed by atoms with Crippen molar-refractivity contribution in [1.82, 2.24) is 5.32 Å². The summed E-state index contributed by atoms with van der Waals surface area (Å²) in [5.41, 5.74) is 1.91. The first-order valence-electron chi connectivity index (χ1n) is 6.29. The van der Waals surface area contributed by atoms with Crippen molar-refractivity contribution >= 4 is 0 Å². The molecule has 1 aliphatic carbocycles. The van der Waals surface area contributed by atoms with Crippen molar-refractivity contribution < 1.29 is 17.9 Å². The van der Waals surface area contributed by atoms with Gasteiger partial charge in [0.15, 0.2) is 0 Å². The molecule has 1 aromatic carbocycles. The molecule has 0 unspecified atom stereocenters. The third-order valence-corrected chi connectivity index (χ3v) is 3.64. The van der Waals surface area contributed by atoms with Crippen molar-refractivity contribution in [2.75, 3.05) is 13.1 Å². The normalized spacial score (nSPS) is 22.8. The summed E-state index contributed by atoms with van der Waals surface area (Å²) >= 11 is 0. The summed E-state index contributed by atoms with van der Waals surface area (Å²) in [6.07, 6.45) is -2.56. The Kier molecular flexibility index (Phi) is 3.01. The third-order valence-electron chi connectivity index (χ3n) is 3.64. The fraction of sp³-hybridized carbons (Fsp3) is 0.429. The van der Waals surface area contributed by atoms with Gasteiger partial charge in [-0.2, -0.15) is 13.2 Å². The molecule has 1 aromatic rings. The molecule has 19 heavy (non-hydrogen) atoms. The Morgan fingerprint density at radius 3 is 2.84 bits per heavy atom. The molecule has 3 rings (SSSR count). The number of halogens is 3. The van der Waals surface area contributed by atoms with Crippen LogP contribution in [0.3, 0.4) is 0 Å². The van der Waals surface area contributed by atoms with Gasteiger partial charge in [0.2, 0.25) is 0 Å². The van der Waals surface area contributed by atoms with E-state index in [0.717, 1.165) is 38.1 Å². The van der Waals surface area contributed by atoms with Gasteiger partial charge in [0.05, 0.1) is 5.56 Å². The molecule has 0 bridgehead atoms. The van der Waals surface area contributed by atoms with E-state index in [1.165, 1.54) is 17.2 Å². The SMILES string of the molecule is FC(F)(F)c1cccc(O[C@@H]2CCC3=C2CNC3)c1. The van der Waals surface area contributed by atoms with Crippen molar-refractivity contribution in [3.63, 3.8) is 0 Å². The molecule has 0 amide bonds. The second-order valence-corrected chi connectivity index (χ2v) is 4.90. The summed E-state index contributed by atoms with van der Waals surface area (Å²) in [7, 11) is 0. The van der Waals surface area contributed by atoms with E-state index < -0.39 is 11.7 Å². The number of nitrogens with one attached hydrogen (secondary N) is 1. The summed E-state index contributed by atoms with van der Waals surface area (Å²) < 4.78 is 43.6. The molecule has 0 saturated heterocycles. The highest BCUT2D eigenvalue weighted by Gasteiger charge is 2.32. The lowest BCUT2D eigenvalue weighted by Crippen LogP contribution is -2.21. The van der Waals surface area contributed by atoms with Crippen molar-refractivity contribution in [2.24, 2.45) is 0 Å². The third kappa shape index (κ3) is 2.47. The molecule has 0 spiro atoms. The van der Waals surface area contributed by atoms with Crippen LogP contribution < -0.4 is 10.1 Å². The van der Waals surface area contributed by atoms with Crippen LogP contribution in [0.15, 0.2) is 35.4 Å². The molecular weight excluding hydrogens is 255 g/mol. The van der Waals surface area contributed by atoms with Gasteiger partial charge in [-0.05, 0) is 36.6 Å². The molecule has 5 heteroatoms. The molecule has 1 heterocycles. The standard InChI is InChI=1S/C14H14F3NO/c15-14(16,17)10-2-1-3-11(6-10)19-13-5-4-9-7-18-8-12(9)13/h1-3,6,13,18H,4-5,7-8H2/t13-/m1/s1. The summed E-state index contributed by atoms with van der Waals surface area (Å²) in [4.78, 5) is 0. The van der Waals surface area contributed by atoms with Crippen molar-refractivity contribution in [2.45, 2.75) is 25.1 Å². The van der Waals surface area contributed by atoms with Gasteiger partial charge in [-0.15, -0.1) is 0 Å². The number of rotatable bonds is 2. The number of hydrogen-bond donors (Lipinski definition) is 1. The lowest BCUT2D eigenvalue weighted by molar-refractivity contribution is -0.137. The van der Waals surface area contributed by atoms with Crippen LogP contribution in [0.25, 0.3) is 0 Å². The maximum atomic E-state index is 12.6. The van der Waals surface area contributed by atoms with Crippen LogP contribution in [-0.2, 0) is 6.18 Å². The monoisotopic (exact) mass is 269 g/mol. The van der Waals surface area contributed by atoms with E-state index >= 15 is 0 Å². The molecule has 102 valence electrons. The first-order chi connectivity index (χ1) is 9.04. The minimum atomic E-state index is -4.33. The molecular formula is C14H14F3NO. The zero-order valence-electron chi connectivity index (χ0n) is 10.3. The summed E-state index contributed by atoms with van der Waals surface area (Å²) in [6, 6.07) is 5.09. The van der Waals surface area contributed by atoms with Crippen LogP contribution in [0.2, 0.25) is 0 Å². The average molecular weight is 269 g/mol. The van der Waals surface area contributed by atoms with Gasteiger partial charge < -0.3 is 10.1 Å². The van der Waals surface area contributed by atoms with Gasteiger partial charge in [0, 0.05) is 13.1 Å². The van der Waals surface area contributed by atoms with Crippen LogP contribution in [-0.4, -0.2) is 19.2 Å². The van der Waals surface area contributed by atoms with Crippen molar-refractivity contribution in [3.8, 4) is 5.75 Å². The molecule has 2 aliphatic rings. The topological polar surface area (TPSA) is 21.3 Å². The Morgan fingerprint density at radius 2 is 2.05 bits per heavy atom. The van der Waals surface area contributed by atoms with Gasteiger partial charge in [-0.1, -0.05) is 11.6 Å². The number of hydrogen-bond acceptors (Lipinski definition) is 2. The Balaban J connectivity index is 1.77. The first-order valence-corrected chi connectivity index (χ1v) is 6.29. The Morgan fingerprint density at radius 1 is 1.21 bits per heavy atom. The molecule has 0 aromatic heterocycles. The van der Waals surface area contributed by atoms with Gasteiger partial charge in [0.1, 0.15) is 11.9 Å².